The zero-order chi connectivity index (χ0) is 19.6. The zero-order valence-electron chi connectivity index (χ0n) is 15.6. The molecule has 0 aliphatic heterocycles. The SMILES string of the molecule is CCOC(=O)C(=CNc1nc(-c2ccncc2)ncc1CC)C(=O)OCC. The molecule has 0 atom stereocenters. The Morgan fingerprint density at radius 3 is 2.26 bits per heavy atom. The van der Waals surface area contributed by atoms with Crippen molar-refractivity contribution in [2.45, 2.75) is 27.2 Å². The Hall–Kier alpha value is -3.29. The summed E-state index contributed by atoms with van der Waals surface area (Å²) in [5.74, 6) is -0.528. The fourth-order valence-electron chi connectivity index (χ4n) is 2.19. The molecule has 8 nitrogen and oxygen atoms in total. The first-order valence-corrected chi connectivity index (χ1v) is 8.67. The van der Waals surface area contributed by atoms with Gasteiger partial charge in [0.2, 0.25) is 0 Å². The summed E-state index contributed by atoms with van der Waals surface area (Å²) in [5.41, 5.74) is 1.40. The van der Waals surface area contributed by atoms with Gasteiger partial charge in [0, 0.05) is 35.9 Å². The molecule has 0 spiro atoms. The number of rotatable bonds is 8. The summed E-state index contributed by atoms with van der Waals surface area (Å²) in [5, 5.41) is 2.92. The lowest BCUT2D eigenvalue weighted by atomic mass is 10.2. The van der Waals surface area contributed by atoms with E-state index in [0.29, 0.717) is 18.1 Å². The van der Waals surface area contributed by atoms with E-state index in [1.807, 2.05) is 6.92 Å². The van der Waals surface area contributed by atoms with E-state index < -0.39 is 11.9 Å². The molecule has 2 heterocycles. The highest BCUT2D eigenvalue weighted by atomic mass is 16.6. The number of nitrogens with one attached hydrogen (secondary N) is 1. The number of carbonyl (C=O) groups is 2. The van der Waals surface area contributed by atoms with Crippen LogP contribution in [-0.2, 0) is 25.5 Å². The van der Waals surface area contributed by atoms with Crippen LogP contribution in [0.5, 0.6) is 0 Å². The van der Waals surface area contributed by atoms with Crippen LogP contribution < -0.4 is 5.32 Å². The van der Waals surface area contributed by atoms with E-state index in [1.54, 1.807) is 44.6 Å². The largest absolute Gasteiger partial charge is 0.462 e. The Bertz CT molecular complexity index is 802. The smallest absolute Gasteiger partial charge is 0.347 e. The summed E-state index contributed by atoms with van der Waals surface area (Å²) in [7, 11) is 0. The van der Waals surface area contributed by atoms with Crippen molar-refractivity contribution in [1.29, 1.82) is 0 Å². The van der Waals surface area contributed by atoms with Gasteiger partial charge in [-0.15, -0.1) is 0 Å². The molecule has 0 radical (unpaired) electrons. The molecule has 0 aliphatic carbocycles. The summed E-state index contributed by atoms with van der Waals surface area (Å²) in [4.78, 5) is 36.9. The summed E-state index contributed by atoms with van der Waals surface area (Å²) in [6.45, 7) is 5.58. The Kier molecular flexibility index (Phi) is 7.42. The minimum absolute atomic E-state index is 0.148. The van der Waals surface area contributed by atoms with E-state index in [0.717, 1.165) is 11.1 Å². The standard InChI is InChI=1S/C19H22N4O4/c1-4-13-11-21-17(14-7-9-20-10-8-14)23-16(13)22-12-15(18(24)26-5-2)19(25)27-6-3/h7-12H,4-6H2,1-3H3,(H,21,22,23). The van der Waals surface area contributed by atoms with Crippen molar-refractivity contribution in [2.24, 2.45) is 0 Å². The van der Waals surface area contributed by atoms with E-state index in [9.17, 15) is 9.59 Å². The molecule has 0 bridgehead atoms. The Balaban J connectivity index is 2.35. The van der Waals surface area contributed by atoms with Gasteiger partial charge in [-0.05, 0) is 32.4 Å². The maximum Gasteiger partial charge on any atom is 0.347 e. The van der Waals surface area contributed by atoms with Crippen LogP contribution in [-0.4, -0.2) is 40.1 Å². The van der Waals surface area contributed by atoms with Gasteiger partial charge in [-0.2, -0.15) is 0 Å². The van der Waals surface area contributed by atoms with Crippen LogP contribution in [0.25, 0.3) is 11.4 Å². The molecule has 2 aromatic rings. The number of aromatic nitrogens is 3. The number of hydrogen-bond donors (Lipinski definition) is 1. The Morgan fingerprint density at radius 2 is 1.70 bits per heavy atom. The minimum atomic E-state index is -0.759. The van der Waals surface area contributed by atoms with Crippen molar-refractivity contribution < 1.29 is 19.1 Å². The lowest BCUT2D eigenvalue weighted by molar-refractivity contribution is -0.146. The minimum Gasteiger partial charge on any atom is -0.462 e. The molecule has 0 saturated carbocycles. The molecule has 0 amide bonds. The van der Waals surface area contributed by atoms with Gasteiger partial charge in [-0.25, -0.2) is 19.6 Å². The van der Waals surface area contributed by atoms with Crippen LogP contribution in [0.1, 0.15) is 26.3 Å². The number of nitrogens with zero attached hydrogens (tertiary/aromatic N) is 3. The monoisotopic (exact) mass is 370 g/mol. The number of pyridine rings is 1. The molecule has 0 unspecified atom stereocenters. The Labute approximate surface area is 157 Å². The van der Waals surface area contributed by atoms with E-state index in [2.05, 4.69) is 20.3 Å². The van der Waals surface area contributed by atoms with Crippen LogP contribution in [0, 0.1) is 0 Å². The number of anilines is 1. The third-order valence-electron chi connectivity index (χ3n) is 3.53. The number of aryl methyl sites for hydroxylation is 1. The predicted octanol–water partition coefficient (Wildman–Crippen LogP) is 2.52. The van der Waals surface area contributed by atoms with Gasteiger partial charge in [0.15, 0.2) is 11.4 Å². The molecule has 0 aliphatic rings. The molecular weight excluding hydrogens is 348 g/mol. The van der Waals surface area contributed by atoms with Gasteiger partial charge in [0.05, 0.1) is 13.2 Å². The highest BCUT2D eigenvalue weighted by molar-refractivity contribution is 6.14. The first-order chi connectivity index (χ1) is 13.1. The molecule has 0 aromatic carbocycles. The number of hydrogen-bond acceptors (Lipinski definition) is 8. The topological polar surface area (TPSA) is 103 Å². The molecule has 142 valence electrons. The molecule has 8 heteroatoms. The van der Waals surface area contributed by atoms with Crippen LogP contribution >= 0.6 is 0 Å². The molecule has 27 heavy (non-hydrogen) atoms. The zero-order valence-corrected chi connectivity index (χ0v) is 15.6. The van der Waals surface area contributed by atoms with Crippen LogP contribution in [0.15, 0.2) is 42.5 Å². The van der Waals surface area contributed by atoms with Crippen molar-refractivity contribution in [3.05, 3.63) is 48.1 Å². The van der Waals surface area contributed by atoms with Gasteiger partial charge in [0.25, 0.3) is 0 Å². The van der Waals surface area contributed by atoms with Gasteiger partial charge in [-0.1, -0.05) is 6.92 Å². The van der Waals surface area contributed by atoms with E-state index in [1.165, 1.54) is 6.20 Å². The van der Waals surface area contributed by atoms with Gasteiger partial charge in [-0.3, -0.25) is 4.98 Å². The third-order valence-corrected chi connectivity index (χ3v) is 3.53. The fourth-order valence-corrected chi connectivity index (χ4v) is 2.19. The maximum absolute atomic E-state index is 12.1. The van der Waals surface area contributed by atoms with Gasteiger partial charge < -0.3 is 14.8 Å². The third kappa shape index (κ3) is 5.34. The molecule has 2 rings (SSSR count). The fraction of sp³-hybridized carbons (Fsp3) is 0.316. The number of carbonyl (C=O) groups excluding carboxylic acids is 2. The molecule has 0 fully saturated rings. The van der Waals surface area contributed by atoms with Crippen molar-refractivity contribution in [1.82, 2.24) is 15.0 Å². The average Bonchev–Trinajstić information content (AvgIpc) is 2.69. The molecule has 2 aromatic heterocycles. The van der Waals surface area contributed by atoms with E-state index in [4.69, 9.17) is 9.47 Å². The second-order valence-electron chi connectivity index (χ2n) is 5.30. The second-order valence-corrected chi connectivity index (χ2v) is 5.30. The van der Waals surface area contributed by atoms with E-state index in [-0.39, 0.29) is 18.8 Å². The van der Waals surface area contributed by atoms with Gasteiger partial charge >= 0.3 is 11.9 Å². The van der Waals surface area contributed by atoms with Crippen molar-refractivity contribution in [3.63, 3.8) is 0 Å². The first-order valence-electron chi connectivity index (χ1n) is 8.67. The highest BCUT2D eigenvalue weighted by Crippen LogP contribution is 2.19. The van der Waals surface area contributed by atoms with E-state index >= 15 is 0 Å². The molecule has 1 N–H and O–H groups in total. The van der Waals surface area contributed by atoms with Crippen LogP contribution in [0.3, 0.4) is 0 Å². The molecular formula is C19H22N4O4. The van der Waals surface area contributed by atoms with Crippen LogP contribution in [0.4, 0.5) is 5.82 Å². The van der Waals surface area contributed by atoms with Crippen LogP contribution in [0.2, 0.25) is 0 Å². The van der Waals surface area contributed by atoms with Crippen molar-refractivity contribution in [3.8, 4) is 11.4 Å². The maximum atomic E-state index is 12.1. The first kappa shape index (κ1) is 20.0. The van der Waals surface area contributed by atoms with Crippen molar-refractivity contribution >= 4 is 17.8 Å². The average molecular weight is 370 g/mol. The lowest BCUT2D eigenvalue weighted by Gasteiger charge is -2.10. The highest BCUT2D eigenvalue weighted by Gasteiger charge is 2.21. The molecule has 0 saturated heterocycles. The predicted molar refractivity (Wildman–Crippen MR) is 99.6 cm³/mol. The Morgan fingerprint density at radius 1 is 1.07 bits per heavy atom. The lowest BCUT2D eigenvalue weighted by Crippen LogP contribution is -2.19. The summed E-state index contributed by atoms with van der Waals surface area (Å²) in [6.07, 6.45) is 6.93. The van der Waals surface area contributed by atoms with Crippen molar-refractivity contribution in [2.75, 3.05) is 18.5 Å². The second kappa shape index (κ2) is 10.0. The summed E-state index contributed by atoms with van der Waals surface area (Å²) >= 11 is 0. The number of esters is 2. The summed E-state index contributed by atoms with van der Waals surface area (Å²) < 4.78 is 9.84. The normalized spacial score (nSPS) is 10.0. The quantitative estimate of drug-likeness (QED) is 0.327. The summed E-state index contributed by atoms with van der Waals surface area (Å²) in [6, 6.07) is 3.59. The number of ether oxygens (including phenoxy) is 2. The van der Waals surface area contributed by atoms with Gasteiger partial charge in [0.1, 0.15) is 5.82 Å².